The quantitative estimate of drug-likeness (QED) is 0.224. The van der Waals surface area contributed by atoms with E-state index in [1.807, 2.05) is 30.3 Å². The minimum Gasteiger partial charge on any atom is -0.463 e. The van der Waals surface area contributed by atoms with E-state index in [4.69, 9.17) is 27.9 Å². The number of aryl methyl sites for hydroxylation is 2. The molecule has 2 aromatic carbocycles. The van der Waals surface area contributed by atoms with Crippen molar-refractivity contribution in [2.24, 2.45) is 0 Å². The van der Waals surface area contributed by atoms with E-state index in [0.29, 0.717) is 41.4 Å². The van der Waals surface area contributed by atoms with Gasteiger partial charge in [0.25, 0.3) is 0 Å². The molecule has 13 heteroatoms. The third-order valence-corrected chi connectivity index (χ3v) is 5.77. The summed E-state index contributed by atoms with van der Waals surface area (Å²) in [6, 6.07) is 11.0. The average molecular weight is 594 g/mol. The topological polar surface area (TPSA) is 114 Å². The molecule has 0 radical (unpaired) electrons. The Bertz CT molecular complexity index is 1360. The van der Waals surface area contributed by atoms with Crippen LogP contribution in [0.2, 0.25) is 10.0 Å². The molecule has 0 aliphatic heterocycles. The number of hydrogen-bond donors (Lipinski definition) is 0. The Morgan fingerprint density at radius 3 is 2.06 bits per heavy atom. The normalized spacial score (nSPS) is 10.8. The summed E-state index contributed by atoms with van der Waals surface area (Å²) in [6.45, 7) is 6.66. The van der Waals surface area contributed by atoms with Crippen LogP contribution in [0.3, 0.4) is 0 Å². The minimum absolute atomic E-state index is 0.346. The first kappa shape index (κ1) is 27.4. The lowest BCUT2D eigenvalue weighted by Crippen LogP contribution is -2.06. The third-order valence-electron chi connectivity index (χ3n) is 4.53. The van der Waals surface area contributed by atoms with Gasteiger partial charge in [-0.25, -0.2) is 4.79 Å². The molecular weight excluding hydrogens is 571 g/mol. The van der Waals surface area contributed by atoms with Crippen LogP contribution in [0.1, 0.15) is 35.3 Å². The fourth-order valence-corrected chi connectivity index (χ4v) is 3.73. The van der Waals surface area contributed by atoms with Crippen molar-refractivity contribution in [3.8, 4) is 0 Å². The van der Waals surface area contributed by atoms with E-state index in [1.165, 1.54) is 15.7 Å². The molecule has 0 unspecified atom stereocenters. The maximum Gasteiger partial charge on any atom is 0.330 e. The molecule has 4 aromatic rings. The highest BCUT2D eigenvalue weighted by molar-refractivity contribution is 9.10. The third kappa shape index (κ3) is 8.51. The molecule has 2 aromatic heterocycles. The van der Waals surface area contributed by atoms with Gasteiger partial charge >= 0.3 is 5.97 Å². The van der Waals surface area contributed by atoms with Gasteiger partial charge in [-0.05, 0) is 84.3 Å². The summed E-state index contributed by atoms with van der Waals surface area (Å²) >= 11 is 15.4. The number of rotatable bonds is 7. The maximum absolute atomic E-state index is 11.4. The second kappa shape index (κ2) is 13.2. The van der Waals surface area contributed by atoms with Crippen molar-refractivity contribution in [1.29, 1.82) is 0 Å². The molecule has 0 aliphatic rings. The summed E-state index contributed by atoms with van der Waals surface area (Å²) in [7, 11) is 0. The molecule has 0 aliphatic carbocycles. The Morgan fingerprint density at radius 2 is 1.50 bits per heavy atom. The van der Waals surface area contributed by atoms with Gasteiger partial charge in [0.2, 0.25) is 0 Å². The van der Waals surface area contributed by atoms with Gasteiger partial charge < -0.3 is 4.74 Å². The second-order valence-electron chi connectivity index (χ2n) is 7.40. The van der Waals surface area contributed by atoms with Crippen LogP contribution in [-0.2, 0) is 22.6 Å². The smallest absolute Gasteiger partial charge is 0.330 e. The number of ether oxygens (including phenoxy) is 1. The summed E-state index contributed by atoms with van der Waals surface area (Å²) in [6.07, 6.45) is 3.07. The first-order valence-corrected chi connectivity index (χ1v) is 12.3. The highest BCUT2D eigenvalue weighted by Crippen LogP contribution is 2.21. The highest BCUT2D eigenvalue weighted by Gasteiger charge is 2.06. The number of hydrogen-bond acceptors (Lipinski definition) is 8. The zero-order chi connectivity index (χ0) is 26.1. The fraction of sp³-hybridized carbons (Fsp3) is 0.261. The lowest BCUT2D eigenvalue weighted by atomic mass is 10.1. The molecule has 0 amide bonds. The number of halogens is 3. The van der Waals surface area contributed by atoms with Crippen LogP contribution in [0.5, 0.6) is 0 Å². The van der Waals surface area contributed by atoms with E-state index in [0.717, 1.165) is 21.2 Å². The predicted octanol–water partition coefficient (Wildman–Crippen LogP) is 4.71. The number of carbonyl (C=O) groups excluding carboxylic acids is 1. The maximum atomic E-state index is 11.4. The monoisotopic (exact) mass is 592 g/mol. The molecule has 4 rings (SSSR count). The fourth-order valence-electron chi connectivity index (χ4n) is 2.97. The van der Waals surface area contributed by atoms with E-state index in [9.17, 15) is 4.79 Å². The first-order chi connectivity index (χ1) is 17.2. The van der Waals surface area contributed by atoms with E-state index in [1.54, 1.807) is 32.9 Å². The molecule has 36 heavy (non-hydrogen) atoms. The molecule has 2 heterocycles. The molecule has 0 bridgehead atoms. The van der Waals surface area contributed by atoms with Crippen LogP contribution in [0, 0.1) is 13.8 Å². The summed E-state index contributed by atoms with van der Waals surface area (Å²) in [5.41, 5.74) is 2.77. The standard InChI is InChI=1S/C14H15ClN4O2.C9H8BrClN4/c1-3-21-14(20)7-5-11-4-6-13(15)8-12(11)9-19-17-10(2)16-18-19;1-6-12-14-15(13-6)5-7-4-8(11)2-3-9(7)10/h4-8H,3,9H2,1-2H3;2-4H,5H2,1H3/b7-5+;. The van der Waals surface area contributed by atoms with Crippen LogP contribution >= 0.6 is 39.1 Å². The summed E-state index contributed by atoms with van der Waals surface area (Å²) in [5.74, 6) is 0.877. The highest BCUT2D eigenvalue weighted by atomic mass is 79.9. The summed E-state index contributed by atoms with van der Waals surface area (Å²) < 4.78 is 5.84. The Balaban J connectivity index is 0.000000212. The second-order valence-corrected chi connectivity index (χ2v) is 9.13. The van der Waals surface area contributed by atoms with Crippen molar-refractivity contribution in [3.63, 3.8) is 0 Å². The predicted molar refractivity (Wildman–Crippen MR) is 140 cm³/mol. The molecule has 0 spiro atoms. The van der Waals surface area contributed by atoms with Crippen LogP contribution < -0.4 is 0 Å². The summed E-state index contributed by atoms with van der Waals surface area (Å²) in [5, 5.41) is 25.0. The van der Waals surface area contributed by atoms with E-state index in [2.05, 4.69) is 46.8 Å². The van der Waals surface area contributed by atoms with Gasteiger partial charge in [0, 0.05) is 20.6 Å². The molecule has 0 fully saturated rings. The van der Waals surface area contributed by atoms with Crippen LogP contribution in [0.15, 0.2) is 46.9 Å². The molecule has 0 saturated carbocycles. The zero-order valence-corrected chi connectivity index (χ0v) is 22.9. The minimum atomic E-state index is -0.381. The molecule has 10 nitrogen and oxygen atoms in total. The van der Waals surface area contributed by atoms with Crippen molar-refractivity contribution in [1.82, 2.24) is 40.4 Å². The average Bonchev–Trinajstić information content (AvgIpc) is 3.43. The number of carbonyl (C=O) groups is 1. The largest absolute Gasteiger partial charge is 0.463 e. The molecule has 0 N–H and O–H groups in total. The summed E-state index contributed by atoms with van der Waals surface area (Å²) in [4.78, 5) is 14.4. The van der Waals surface area contributed by atoms with Gasteiger partial charge in [0.15, 0.2) is 11.6 Å². The SMILES string of the molecule is CCOC(=O)/C=C/c1ccc(Cl)cc1Cn1nnc(C)n1.Cc1nnn(Cc2cc(Cl)ccc2Br)n1. The Kier molecular flexibility index (Phi) is 10.1. The van der Waals surface area contributed by atoms with Crippen molar-refractivity contribution in [2.75, 3.05) is 6.61 Å². The lowest BCUT2D eigenvalue weighted by Gasteiger charge is -2.06. The number of aromatic nitrogens is 8. The van der Waals surface area contributed by atoms with Gasteiger partial charge in [-0.1, -0.05) is 45.2 Å². The van der Waals surface area contributed by atoms with Gasteiger partial charge in [-0.15, -0.1) is 20.4 Å². The van der Waals surface area contributed by atoms with Crippen LogP contribution in [-0.4, -0.2) is 53.0 Å². The zero-order valence-electron chi connectivity index (χ0n) is 19.8. The number of esters is 1. The van der Waals surface area contributed by atoms with Crippen LogP contribution in [0.4, 0.5) is 0 Å². The van der Waals surface area contributed by atoms with Crippen molar-refractivity contribution in [2.45, 2.75) is 33.9 Å². The molecule has 0 atom stereocenters. The Labute approximate surface area is 226 Å². The van der Waals surface area contributed by atoms with Crippen molar-refractivity contribution < 1.29 is 9.53 Å². The number of tetrazole rings is 2. The van der Waals surface area contributed by atoms with Gasteiger partial charge in [0.05, 0.1) is 19.7 Å². The van der Waals surface area contributed by atoms with Gasteiger partial charge in [0.1, 0.15) is 0 Å². The van der Waals surface area contributed by atoms with E-state index >= 15 is 0 Å². The molecule has 188 valence electrons. The van der Waals surface area contributed by atoms with E-state index < -0.39 is 0 Å². The van der Waals surface area contributed by atoms with Gasteiger partial charge in [-0.2, -0.15) is 9.59 Å². The van der Waals surface area contributed by atoms with Crippen molar-refractivity contribution >= 4 is 51.2 Å². The first-order valence-electron chi connectivity index (χ1n) is 10.8. The van der Waals surface area contributed by atoms with E-state index in [-0.39, 0.29) is 5.97 Å². The Morgan fingerprint density at radius 1 is 0.944 bits per heavy atom. The van der Waals surface area contributed by atoms with Gasteiger partial charge in [-0.3, -0.25) is 0 Å². The number of nitrogens with zero attached hydrogens (tertiary/aromatic N) is 8. The van der Waals surface area contributed by atoms with Crippen LogP contribution in [0.25, 0.3) is 6.08 Å². The lowest BCUT2D eigenvalue weighted by molar-refractivity contribution is -0.137. The van der Waals surface area contributed by atoms with Crippen molar-refractivity contribution in [3.05, 3.63) is 85.3 Å². The number of benzene rings is 2. The molecule has 0 saturated heterocycles. The molecular formula is C23H23BrCl2N8O2. The Hall–Kier alpha value is -3.15.